The SMILES string of the molecule is CC1CCCC(C)N1CCc1c[nH]c2ccccc12.Cl. The van der Waals surface area contributed by atoms with Crippen LogP contribution in [0.3, 0.4) is 0 Å². The minimum absolute atomic E-state index is 0. The maximum absolute atomic E-state index is 3.38. The molecule has 1 saturated heterocycles. The van der Waals surface area contributed by atoms with Gasteiger partial charge in [0.25, 0.3) is 0 Å². The van der Waals surface area contributed by atoms with Crippen molar-refractivity contribution >= 4 is 23.3 Å². The molecule has 3 rings (SSSR count). The molecule has 0 amide bonds. The fourth-order valence-corrected chi connectivity index (χ4v) is 3.50. The molecule has 0 aliphatic carbocycles. The van der Waals surface area contributed by atoms with Gasteiger partial charge in [-0.2, -0.15) is 0 Å². The van der Waals surface area contributed by atoms with Crippen molar-refractivity contribution in [2.45, 2.75) is 51.6 Å². The molecule has 0 bridgehead atoms. The Kier molecular flexibility index (Phi) is 5.11. The Bertz CT molecular complexity index is 539. The van der Waals surface area contributed by atoms with Gasteiger partial charge in [-0.05, 0) is 44.7 Å². The molecule has 2 nitrogen and oxygen atoms in total. The van der Waals surface area contributed by atoms with E-state index in [1.165, 1.54) is 42.3 Å². The molecule has 1 aliphatic rings. The van der Waals surface area contributed by atoms with E-state index in [2.05, 4.69) is 54.2 Å². The molecule has 2 unspecified atom stereocenters. The van der Waals surface area contributed by atoms with E-state index in [1.807, 2.05) is 0 Å². The smallest absolute Gasteiger partial charge is 0.0456 e. The second-order valence-electron chi connectivity index (χ2n) is 5.98. The molecule has 1 aromatic heterocycles. The highest BCUT2D eigenvalue weighted by Gasteiger charge is 2.24. The van der Waals surface area contributed by atoms with Gasteiger partial charge < -0.3 is 4.98 Å². The van der Waals surface area contributed by atoms with Gasteiger partial charge in [-0.3, -0.25) is 4.90 Å². The first-order valence-corrected chi connectivity index (χ1v) is 7.56. The molecule has 1 N–H and O–H groups in total. The number of fused-ring (bicyclic) bond motifs is 1. The maximum Gasteiger partial charge on any atom is 0.0456 e. The largest absolute Gasteiger partial charge is 0.361 e. The van der Waals surface area contributed by atoms with Crippen LogP contribution in [0, 0.1) is 0 Å². The van der Waals surface area contributed by atoms with Crippen LogP contribution in [-0.4, -0.2) is 28.5 Å². The number of H-pyrrole nitrogens is 1. The summed E-state index contributed by atoms with van der Waals surface area (Å²) >= 11 is 0. The standard InChI is InChI=1S/C17H24N2.ClH/c1-13-6-5-7-14(2)19(13)11-10-15-12-18-17-9-4-3-8-16(15)17;/h3-4,8-9,12-14,18H,5-7,10-11H2,1-2H3;1H. The van der Waals surface area contributed by atoms with Gasteiger partial charge in [0.05, 0.1) is 0 Å². The van der Waals surface area contributed by atoms with Gasteiger partial charge in [-0.15, -0.1) is 12.4 Å². The average molecular weight is 293 g/mol. The minimum Gasteiger partial charge on any atom is -0.361 e. The van der Waals surface area contributed by atoms with Crippen LogP contribution >= 0.6 is 12.4 Å². The average Bonchev–Trinajstić information content (AvgIpc) is 2.82. The predicted molar refractivity (Wildman–Crippen MR) is 88.7 cm³/mol. The van der Waals surface area contributed by atoms with E-state index in [1.54, 1.807) is 0 Å². The summed E-state index contributed by atoms with van der Waals surface area (Å²) in [6, 6.07) is 10.1. The van der Waals surface area contributed by atoms with Crippen molar-refractivity contribution in [1.82, 2.24) is 9.88 Å². The third-order valence-corrected chi connectivity index (χ3v) is 4.69. The summed E-state index contributed by atoms with van der Waals surface area (Å²) in [5.41, 5.74) is 2.72. The van der Waals surface area contributed by atoms with Gasteiger partial charge in [-0.25, -0.2) is 0 Å². The quantitative estimate of drug-likeness (QED) is 0.888. The lowest BCUT2D eigenvalue weighted by Gasteiger charge is -2.39. The first-order chi connectivity index (χ1) is 9.25. The van der Waals surface area contributed by atoms with Crippen molar-refractivity contribution in [3.8, 4) is 0 Å². The predicted octanol–water partition coefficient (Wildman–Crippen LogP) is 4.40. The monoisotopic (exact) mass is 292 g/mol. The van der Waals surface area contributed by atoms with E-state index in [0.29, 0.717) is 0 Å². The number of halogens is 1. The van der Waals surface area contributed by atoms with E-state index in [0.717, 1.165) is 18.5 Å². The van der Waals surface area contributed by atoms with Crippen LogP contribution in [0.5, 0.6) is 0 Å². The number of benzene rings is 1. The van der Waals surface area contributed by atoms with E-state index in [-0.39, 0.29) is 12.4 Å². The van der Waals surface area contributed by atoms with E-state index in [9.17, 15) is 0 Å². The minimum atomic E-state index is 0. The van der Waals surface area contributed by atoms with E-state index < -0.39 is 0 Å². The number of piperidine rings is 1. The van der Waals surface area contributed by atoms with E-state index >= 15 is 0 Å². The number of aromatic amines is 1. The molecular formula is C17H25ClN2. The van der Waals surface area contributed by atoms with Crippen molar-refractivity contribution in [2.24, 2.45) is 0 Å². The third kappa shape index (κ3) is 3.02. The van der Waals surface area contributed by atoms with Crippen LogP contribution < -0.4 is 0 Å². The highest BCUT2D eigenvalue weighted by molar-refractivity contribution is 5.85. The van der Waals surface area contributed by atoms with Gasteiger partial charge in [-0.1, -0.05) is 24.6 Å². The number of aromatic nitrogens is 1. The zero-order valence-electron chi connectivity index (χ0n) is 12.4. The summed E-state index contributed by atoms with van der Waals surface area (Å²) in [4.78, 5) is 6.07. The van der Waals surface area contributed by atoms with Crippen molar-refractivity contribution in [2.75, 3.05) is 6.54 Å². The summed E-state index contributed by atoms with van der Waals surface area (Å²) in [5, 5.41) is 1.39. The number of likely N-dealkylation sites (tertiary alicyclic amines) is 1. The normalized spacial score (nSPS) is 23.7. The fourth-order valence-electron chi connectivity index (χ4n) is 3.50. The summed E-state index contributed by atoms with van der Waals surface area (Å²) in [6.45, 7) is 5.94. The molecule has 110 valence electrons. The second-order valence-corrected chi connectivity index (χ2v) is 5.98. The van der Waals surface area contributed by atoms with Crippen molar-refractivity contribution in [1.29, 1.82) is 0 Å². The van der Waals surface area contributed by atoms with Gasteiger partial charge in [0.2, 0.25) is 0 Å². The first kappa shape index (κ1) is 15.4. The Morgan fingerprint density at radius 1 is 1.15 bits per heavy atom. The lowest BCUT2D eigenvalue weighted by atomic mass is 9.97. The highest BCUT2D eigenvalue weighted by atomic mass is 35.5. The number of nitrogens with zero attached hydrogens (tertiary/aromatic N) is 1. The third-order valence-electron chi connectivity index (χ3n) is 4.69. The molecule has 0 radical (unpaired) electrons. The Balaban J connectivity index is 0.00000147. The van der Waals surface area contributed by atoms with Gasteiger partial charge in [0, 0.05) is 35.7 Å². The summed E-state index contributed by atoms with van der Waals surface area (Å²) < 4.78 is 0. The number of hydrogen-bond acceptors (Lipinski definition) is 1. The Morgan fingerprint density at radius 3 is 2.60 bits per heavy atom. The van der Waals surface area contributed by atoms with Crippen LogP contribution in [0.2, 0.25) is 0 Å². The van der Waals surface area contributed by atoms with Crippen molar-refractivity contribution in [3.63, 3.8) is 0 Å². The molecule has 3 heteroatoms. The molecule has 2 heterocycles. The van der Waals surface area contributed by atoms with Crippen LogP contribution in [-0.2, 0) is 6.42 Å². The molecule has 1 aliphatic heterocycles. The topological polar surface area (TPSA) is 19.0 Å². The van der Waals surface area contributed by atoms with Gasteiger partial charge in [0.15, 0.2) is 0 Å². The number of rotatable bonds is 3. The lowest BCUT2D eigenvalue weighted by Crippen LogP contribution is -2.44. The molecule has 1 aromatic carbocycles. The van der Waals surface area contributed by atoms with Crippen LogP contribution in [0.4, 0.5) is 0 Å². The first-order valence-electron chi connectivity index (χ1n) is 7.56. The lowest BCUT2D eigenvalue weighted by molar-refractivity contribution is 0.105. The molecule has 2 atom stereocenters. The van der Waals surface area contributed by atoms with Crippen molar-refractivity contribution in [3.05, 3.63) is 36.0 Å². The highest BCUT2D eigenvalue weighted by Crippen LogP contribution is 2.24. The molecule has 20 heavy (non-hydrogen) atoms. The maximum atomic E-state index is 3.38. The summed E-state index contributed by atoms with van der Waals surface area (Å²) in [5.74, 6) is 0. The Labute approximate surface area is 128 Å². The zero-order valence-corrected chi connectivity index (χ0v) is 13.2. The molecule has 1 fully saturated rings. The molecule has 0 saturated carbocycles. The summed E-state index contributed by atoms with van der Waals surface area (Å²) in [6.07, 6.45) is 7.45. The Morgan fingerprint density at radius 2 is 1.85 bits per heavy atom. The van der Waals surface area contributed by atoms with Crippen molar-refractivity contribution < 1.29 is 0 Å². The van der Waals surface area contributed by atoms with E-state index in [4.69, 9.17) is 0 Å². The molecule has 0 spiro atoms. The summed E-state index contributed by atoms with van der Waals surface area (Å²) in [7, 11) is 0. The molecular weight excluding hydrogens is 268 g/mol. The van der Waals surface area contributed by atoms with Crippen LogP contribution in [0.25, 0.3) is 10.9 Å². The van der Waals surface area contributed by atoms with Gasteiger partial charge >= 0.3 is 0 Å². The number of nitrogens with one attached hydrogen (secondary N) is 1. The Hall–Kier alpha value is -0.990. The molecule has 2 aromatic rings. The number of hydrogen-bond donors (Lipinski definition) is 1. The number of para-hydroxylation sites is 1. The van der Waals surface area contributed by atoms with Gasteiger partial charge in [0.1, 0.15) is 0 Å². The van der Waals surface area contributed by atoms with Crippen LogP contribution in [0.1, 0.15) is 38.7 Å². The van der Waals surface area contributed by atoms with Crippen LogP contribution in [0.15, 0.2) is 30.5 Å². The zero-order chi connectivity index (χ0) is 13.2. The fraction of sp³-hybridized carbons (Fsp3) is 0.529. The second kappa shape index (κ2) is 6.64.